The first-order valence-electron chi connectivity index (χ1n) is 10.8. The minimum absolute atomic E-state index is 0.119. The predicted molar refractivity (Wildman–Crippen MR) is 129 cm³/mol. The van der Waals surface area contributed by atoms with Gasteiger partial charge in [-0.3, -0.25) is 14.9 Å². The van der Waals surface area contributed by atoms with E-state index in [4.69, 9.17) is 4.74 Å². The number of rotatable bonds is 7. The van der Waals surface area contributed by atoms with Crippen molar-refractivity contribution in [3.05, 3.63) is 94.0 Å². The molecule has 1 heterocycles. The standard InChI is InChI=1S/C25H26N4O4/c1-27(18-19-7-3-2-4-8-19)24-10-6-5-9-22(24)26-25(30)21-17-20(29(31)32)11-12-23(21)28-13-15-33-16-14-28/h2-12,17H,13-16,18H2,1H3,(H,26,30). The normalized spacial score (nSPS) is 13.4. The summed E-state index contributed by atoms with van der Waals surface area (Å²) in [6.45, 7) is 3.00. The van der Waals surface area contributed by atoms with E-state index in [1.165, 1.54) is 12.1 Å². The van der Waals surface area contributed by atoms with Gasteiger partial charge >= 0.3 is 0 Å². The zero-order valence-electron chi connectivity index (χ0n) is 18.4. The molecular formula is C25H26N4O4. The van der Waals surface area contributed by atoms with Crippen LogP contribution in [0.1, 0.15) is 15.9 Å². The van der Waals surface area contributed by atoms with Gasteiger partial charge in [0.25, 0.3) is 11.6 Å². The Kier molecular flexibility index (Phi) is 6.85. The number of ether oxygens (including phenoxy) is 1. The first-order chi connectivity index (χ1) is 16.0. The van der Waals surface area contributed by atoms with Crippen LogP contribution in [0.3, 0.4) is 0 Å². The first kappa shape index (κ1) is 22.3. The quantitative estimate of drug-likeness (QED) is 0.430. The smallest absolute Gasteiger partial charge is 0.270 e. The Morgan fingerprint density at radius 3 is 2.48 bits per heavy atom. The van der Waals surface area contributed by atoms with E-state index in [9.17, 15) is 14.9 Å². The van der Waals surface area contributed by atoms with Crippen molar-refractivity contribution in [2.45, 2.75) is 6.54 Å². The summed E-state index contributed by atoms with van der Waals surface area (Å²) in [7, 11) is 1.96. The van der Waals surface area contributed by atoms with Crippen LogP contribution in [0.4, 0.5) is 22.7 Å². The van der Waals surface area contributed by atoms with Gasteiger partial charge in [-0.05, 0) is 23.8 Å². The third kappa shape index (κ3) is 5.30. The van der Waals surface area contributed by atoms with E-state index in [1.807, 2.05) is 54.4 Å². The van der Waals surface area contributed by atoms with Crippen LogP contribution < -0.4 is 15.1 Å². The molecule has 8 nitrogen and oxygen atoms in total. The van der Waals surface area contributed by atoms with Crippen LogP contribution in [0.5, 0.6) is 0 Å². The lowest BCUT2D eigenvalue weighted by molar-refractivity contribution is -0.384. The number of nitrogens with zero attached hydrogens (tertiary/aromatic N) is 3. The maximum Gasteiger partial charge on any atom is 0.270 e. The van der Waals surface area contributed by atoms with Gasteiger partial charge in [-0.25, -0.2) is 0 Å². The summed E-state index contributed by atoms with van der Waals surface area (Å²) in [4.78, 5) is 28.3. The number of anilines is 3. The number of carbonyl (C=O) groups excluding carboxylic acids is 1. The van der Waals surface area contributed by atoms with Crippen LogP contribution in [0.15, 0.2) is 72.8 Å². The monoisotopic (exact) mass is 446 g/mol. The second kappa shape index (κ2) is 10.1. The molecular weight excluding hydrogens is 420 g/mol. The van der Waals surface area contributed by atoms with Gasteiger partial charge in [0, 0.05) is 38.8 Å². The van der Waals surface area contributed by atoms with Crippen molar-refractivity contribution in [3.63, 3.8) is 0 Å². The van der Waals surface area contributed by atoms with Crippen LogP contribution in [0.2, 0.25) is 0 Å². The fraction of sp³-hybridized carbons (Fsp3) is 0.240. The third-order valence-corrected chi connectivity index (χ3v) is 5.61. The summed E-state index contributed by atoms with van der Waals surface area (Å²) in [6, 6.07) is 22.0. The summed E-state index contributed by atoms with van der Waals surface area (Å²) < 4.78 is 5.41. The van der Waals surface area contributed by atoms with Crippen LogP contribution in [-0.4, -0.2) is 44.2 Å². The van der Waals surface area contributed by atoms with E-state index in [2.05, 4.69) is 22.3 Å². The number of morpholine rings is 1. The zero-order chi connectivity index (χ0) is 23.2. The summed E-state index contributed by atoms with van der Waals surface area (Å²) >= 11 is 0. The van der Waals surface area contributed by atoms with Gasteiger partial charge in [0.2, 0.25) is 0 Å². The number of benzene rings is 3. The Morgan fingerprint density at radius 2 is 1.76 bits per heavy atom. The molecule has 0 saturated carbocycles. The highest BCUT2D eigenvalue weighted by molar-refractivity contribution is 6.10. The molecule has 0 unspecified atom stereocenters. The lowest BCUT2D eigenvalue weighted by Crippen LogP contribution is -2.37. The molecule has 0 radical (unpaired) electrons. The number of amides is 1. The molecule has 1 aliphatic rings. The minimum Gasteiger partial charge on any atom is -0.378 e. The number of nitro groups is 1. The van der Waals surface area contributed by atoms with Crippen molar-refractivity contribution in [3.8, 4) is 0 Å². The number of hydrogen-bond acceptors (Lipinski definition) is 6. The number of para-hydroxylation sites is 2. The first-order valence-corrected chi connectivity index (χ1v) is 10.8. The SMILES string of the molecule is CN(Cc1ccccc1)c1ccccc1NC(=O)c1cc([N+](=O)[O-])ccc1N1CCOCC1. The van der Waals surface area contributed by atoms with Gasteiger partial charge in [0.05, 0.1) is 40.8 Å². The molecule has 3 aromatic carbocycles. The van der Waals surface area contributed by atoms with E-state index in [0.29, 0.717) is 44.2 Å². The van der Waals surface area contributed by atoms with Crippen molar-refractivity contribution >= 4 is 28.7 Å². The van der Waals surface area contributed by atoms with Gasteiger partial charge < -0.3 is 19.9 Å². The van der Waals surface area contributed by atoms with Crippen LogP contribution >= 0.6 is 0 Å². The van der Waals surface area contributed by atoms with Crippen LogP contribution in [0.25, 0.3) is 0 Å². The fourth-order valence-corrected chi connectivity index (χ4v) is 3.94. The number of non-ortho nitro benzene ring substituents is 1. The molecule has 3 aromatic rings. The van der Waals surface area contributed by atoms with Crippen molar-refractivity contribution in [2.24, 2.45) is 0 Å². The highest BCUT2D eigenvalue weighted by Crippen LogP contribution is 2.30. The summed E-state index contributed by atoms with van der Waals surface area (Å²) in [5.41, 5.74) is 3.46. The van der Waals surface area contributed by atoms with Crippen molar-refractivity contribution in [1.29, 1.82) is 0 Å². The summed E-state index contributed by atoms with van der Waals surface area (Å²) in [5.74, 6) is -0.388. The molecule has 0 aromatic heterocycles. The average molecular weight is 447 g/mol. The summed E-state index contributed by atoms with van der Waals surface area (Å²) in [5, 5.41) is 14.4. The number of hydrogen-bond donors (Lipinski definition) is 1. The van der Waals surface area contributed by atoms with Gasteiger partial charge in [-0.2, -0.15) is 0 Å². The van der Waals surface area contributed by atoms with Crippen molar-refractivity contribution in [2.75, 3.05) is 48.5 Å². The number of carbonyl (C=O) groups is 1. The van der Waals surface area contributed by atoms with Gasteiger partial charge in [0.1, 0.15) is 0 Å². The maximum atomic E-state index is 13.4. The van der Waals surface area contributed by atoms with Crippen molar-refractivity contribution in [1.82, 2.24) is 0 Å². The van der Waals surface area contributed by atoms with Gasteiger partial charge in [-0.1, -0.05) is 42.5 Å². The predicted octanol–water partition coefficient (Wildman–Crippen LogP) is 4.32. The molecule has 0 bridgehead atoms. The minimum atomic E-state index is -0.485. The van der Waals surface area contributed by atoms with Crippen LogP contribution in [0, 0.1) is 10.1 Å². The molecule has 0 spiro atoms. The van der Waals surface area contributed by atoms with E-state index in [-0.39, 0.29) is 17.2 Å². The fourth-order valence-electron chi connectivity index (χ4n) is 3.94. The zero-order valence-corrected chi connectivity index (χ0v) is 18.4. The molecule has 0 atom stereocenters. The second-order valence-electron chi connectivity index (χ2n) is 7.87. The van der Waals surface area contributed by atoms with E-state index in [1.54, 1.807) is 6.07 Å². The molecule has 8 heteroatoms. The highest BCUT2D eigenvalue weighted by Gasteiger charge is 2.23. The Balaban J connectivity index is 1.62. The van der Waals surface area contributed by atoms with Crippen LogP contribution in [-0.2, 0) is 11.3 Å². The molecule has 170 valence electrons. The average Bonchev–Trinajstić information content (AvgIpc) is 2.85. The van der Waals surface area contributed by atoms with E-state index < -0.39 is 4.92 Å². The van der Waals surface area contributed by atoms with Gasteiger partial charge in [-0.15, -0.1) is 0 Å². The Morgan fingerprint density at radius 1 is 1.06 bits per heavy atom. The highest BCUT2D eigenvalue weighted by atomic mass is 16.6. The largest absolute Gasteiger partial charge is 0.378 e. The molecule has 0 aliphatic carbocycles. The lowest BCUT2D eigenvalue weighted by atomic mass is 10.1. The van der Waals surface area contributed by atoms with Gasteiger partial charge in [0.15, 0.2) is 0 Å². The Hall–Kier alpha value is -3.91. The van der Waals surface area contributed by atoms with E-state index >= 15 is 0 Å². The number of nitro benzene ring substituents is 1. The Bertz CT molecular complexity index is 1130. The second-order valence-corrected chi connectivity index (χ2v) is 7.87. The van der Waals surface area contributed by atoms with Crippen molar-refractivity contribution < 1.29 is 14.5 Å². The topological polar surface area (TPSA) is 88.0 Å². The third-order valence-electron chi connectivity index (χ3n) is 5.61. The maximum absolute atomic E-state index is 13.4. The molecule has 33 heavy (non-hydrogen) atoms. The molecule has 1 fully saturated rings. The molecule has 1 N–H and O–H groups in total. The molecule has 1 amide bonds. The molecule has 1 aliphatic heterocycles. The summed E-state index contributed by atoms with van der Waals surface area (Å²) in [6.07, 6.45) is 0. The molecule has 4 rings (SSSR count). The van der Waals surface area contributed by atoms with E-state index in [0.717, 1.165) is 11.3 Å². The number of nitrogens with one attached hydrogen (secondary N) is 1. The molecule has 1 saturated heterocycles. The lowest BCUT2D eigenvalue weighted by Gasteiger charge is -2.30. The Labute approximate surface area is 192 Å².